The van der Waals surface area contributed by atoms with Gasteiger partial charge in [0, 0.05) is 29.1 Å². The van der Waals surface area contributed by atoms with E-state index in [0.29, 0.717) is 21.4 Å². The van der Waals surface area contributed by atoms with Crippen molar-refractivity contribution in [3.8, 4) is 11.1 Å². The minimum atomic E-state index is -1.31. The minimum Gasteiger partial charge on any atom is -0.606 e. The van der Waals surface area contributed by atoms with Gasteiger partial charge in [0.05, 0.1) is 5.69 Å². The van der Waals surface area contributed by atoms with Gasteiger partial charge in [-0.05, 0) is 48.9 Å². The minimum absolute atomic E-state index is 0.660. The average molecular weight is 383 g/mol. The molecule has 4 nitrogen and oxygen atoms in total. The van der Waals surface area contributed by atoms with E-state index in [1.807, 2.05) is 47.4 Å². The van der Waals surface area contributed by atoms with Crippen LogP contribution in [-0.4, -0.2) is 14.5 Å². The number of benzene rings is 2. The molecule has 0 aliphatic carbocycles. The molecule has 5 heteroatoms. The summed E-state index contributed by atoms with van der Waals surface area (Å²) in [5, 5.41) is 0. The molecule has 0 radical (unpaired) electrons. The highest BCUT2D eigenvalue weighted by atomic mass is 32.2. The molecule has 4 aromatic rings. The van der Waals surface area contributed by atoms with E-state index in [9.17, 15) is 4.55 Å². The molecule has 0 atom stereocenters. The Hall–Kier alpha value is -3.15. The molecule has 5 rings (SSSR count). The second-order valence-electron chi connectivity index (χ2n) is 6.64. The molecular formula is C23H17N3OS. The van der Waals surface area contributed by atoms with E-state index in [2.05, 4.69) is 47.2 Å². The highest BCUT2D eigenvalue weighted by Crippen LogP contribution is 2.48. The lowest BCUT2D eigenvalue weighted by molar-refractivity contribution is 0.592. The van der Waals surface area contributed by atoms with Gasteiger partial charge in [-0.1, -0.05) is 42.0 Å². The number of hydrogen-bond acceptors (Lipinski definition) is 4. The van der Waals surface area contributed by atoms with Crippen LogP contribution in [0.3, 0.4) is 0 Å². The molecule has 3 heterocycles. The number of aryl methyl sites for hydroxylation is 1. The third-order valence-corrected chi connectivity index (χ3v) is 6.24. The van der Waals surface area contributed by atoms with Crippen molar-refractivity contribution >= 4 is 28.5 Å². The van der Waals surface area contributed by atoms with Crippen molar-refractivity contribution in [2.24, 2.45) is 0 Å². The van der Waals surface area contributed by atoms with Gasteiger partial charge in [0.15, 0.2) is 11.6 Å². The predicted molar refractivity (Wildman–Crippen MR) is 112 cm³/mol. The Kier molecular flexibility index (Phi) is 4.11. The molecule has 0 saturated carbocycles. The fourth-order valence-corrected chi connectivity index (χ4v) is 4.79. The quantitative estimate of drug-likeness (QED) is 0.435. The molecule has 136 valence electrons. The van der Waals surface area contributed by atoms with Crippen molar-refractivity contribution in [2.45, 2.75) is 16.7 Å². The Morgan fingerprint density at radius 1 is 0.786 bits per heavy atom. The summed E-state index contributed by atoms with van der Waals surface area (Å²) in [5.41, 5.74) is 4.34. The molecule has 2 aromatic heterocycles. The number of rotatable bonds is 2. The first-order chi connectivity index (χ1) is 13.7. The number of hydrogen-bond donors (Lipinski definition) is 0. The van der Waals surface area contributed by atoms with Gasteiger partial charge >= 0.3 is 0 Å². The average Bonchev–Trinajstić information content (AvgIpc) is 2.75. The Morgan fingerprint density at radius 3 is 2.07 bits per heavy atom. The summed E-state index contributed by atoms with van der Waals surface area (Å²) in [7, 11) is 0. The SMILES string of the molecule is Cc1ccc(N2c3ncccc3[S+]([O-])c3cccnc32)c(-c2ccccc2)c1. The second kappa shape index (κ2) is 6.78. The van der Waals surface area contributed by atoms with Crippen LogP contribution in [0.25, 0.3) is 11.1 Å². The van der Waals surface area contributed by atoms with Gasteiger partial charge in [-0.3, -0.25) is 4.90 Å². The van der Waals surface area contributed by atoms with Crippen molar-refractivity contribution in [1.82, 2.24) is 9.97 Å². The lowest BCUT2D eigenvalue weighted by Gasteiger charge is -2.31. The highest BCUT2D eigenvalue weighted by molar-refractivity contribution is 7.92. The number of pyridine rings is 2. The Balaban J connectivity index is 1.81. The first-order valence-corrected chi connectivity index (χ1v) is 10.2. The van der Waals surface area contributed by atoms with E-state index < -0.39 is 11.2 Å². The molecule has 1 aliphatic rings. The molecule has 0 spiro atoms. The molecule has 0 N–H and O–H groups in total. The molecule has 28 heavy (non-hydrogen) atoms. The van der Waals surface area contributed by atoms with E-state index >= 15 is 0 Å². The first kappa shape index (κ1) is 17.0. The van der Waals surface area contributed by atoms with Gasteiger partial charge < -0.3 is 4.55 Å². The molecular weight excluding hydrogens is 366 g/mol. The fraction of sp³-hybridized carbons (Fsp3) is 0.0435. The summed E-state index contributed by atoms with van der Waals surface area (Å²) in [6, 6.07) is 24.0. The van der Waals surface area contributed by atoms with Crippen LogP contribution in [0, 0.1) is 6.92 Å². The maximum Gasteiger partial charge on any atom is 0.201 e. The Morgan fingerprint density at radius 2 is 1.43 bits per heavy atom. The second-order valence-corrected chi connectivity index (χ2v) is 8.06. The Bertz CT molecular complexity index is 1120. The standard InChI is InChI=1S/C23H17N3OS/c1-16-11-12-19(18(15-16)17-7-3-2-4-8-17)26-22-20(9-5-13-24-22)28(27)21-10-6-14-25-23(21)26/h2-15H,1H3. The summed E-state index contributed by atoms with van der Waals surface area (Å²) in [6.45, 7) is 2.08. The monoisotopic (exact) mass is 383 g/mol. The Labute approximate surface area is 166 Å². The van der Waals surface area contributed by atoms with Crippen LogP contribution >= 0.6 is 0 Å². The number of nitrogens with zero attached hydrogens (tertiary/aromatic N) is 3. The van der Waals surface area contributed by atoms with E-state index in [4.69, 9.17) is 0 Å². The summed E-state index contributed by atoms with van der Waals surface area (Å²) in [6.07, 6.45) is 3.46. The predicted octanol–water partition coefficient (Wildman–Crippen LogP) is 5.40. The normalized spacial score (nSPS) is 13.1. The molecule has 0 unspecified atom stereocenters. The molecule has 0 bridgehead atoms. The molecule has 0 amide bonds. The summed E-state index contributed by atoms with van der Waals surface area (Å²) >= 11 is -1.31. The van der Waals surface area contributed by atoms with Crippen LogP contribution in [0.4, 0.5) is 17.3 Å². The highest BCUT2D eigenvalue weighted by Gasteiger charge is 2.37. The van der Waals surface area contributed by atoms with Gasteiger partial charge in [0.1, 0.15) is 0 Å². The topological polar surface area (TPSA) is 52.1 Å². The van der Waals surface area contributed by atoms with Crippen LogP contribution in [0.2, 0.25) is 0 Å². The number of aromatic nitrogens is 2. The lowest BCUT2D eigenvalue weighted by Crippen LogP contribution is -2.24. The molecule has 1 aliphatic heterocycles. The number of fused-ring (bicyclic) bond motifs is 2. The van der Waals surface area contributed by atoms with Crippen LogP contribution in [0.5, 0.6) is 0 Å². The van der Waals surface area contributed by atoms with Crippen molar-refractivity contribution < 1.29 is 4.55 Å². The van der Waals surface area contributed by atoms with Crippen molar-refractivity contribution in [2.75, 3.05) is 4.90 Å². The first-order valence-electron chi connectivity index (χ1n) is 9.02. The third-order valence-electron chi connectivity index (χ3n) is 4.80. The van der Waals surface area contributed by atoms with Gasteiger partial charge in [-0.25, -0.2) is 9.97 Å². The lowest BCUT2D eigenvalue weighted by atomic mass is 10.0. The summed E-state index contributed by atoms with van der Waals surface area (Å²) < 4.78 is 13.1. The molecule has 0 fully saturated rings. The van der Waals surface area contributed by atoms with Gasteiger partial charge in [0.2, 0.25) is 9.79 Å². The summed E-state index contributed by atoms with van der Waals surface area (Å²) in [4.78, 5) is 12.6. The third kappa shape index (κ3) is 2.68. The fourth-order valence-electron chi connectivity index (χ4n) is 3.53. The van der Waals surface area contributed by atoms with E-state index in [0.717, 1.165) is 16.8 Å². The largest absolute Gasteiger partial charge is 0.606 e. The van der Waals surface area contributed by atoms with Gasteiger partial charge in [0.25, 0.3) is 0 Å². The van der Waals surface area contributed by atoms with Gasteiger partial charge in [-0.15, -0.1) is 0 Å². The zero-order valence-electron chi connectivity index (χ0n) is 15.2. The van der Waals surface area contributed by atoms with Crippen molar-refractivity contribution in [3.05, 3.63) is 90.8 Å². The van der Waals surface area contributed by atoms with E-state index in [-0.39, 0.29) is 0 Å². The smallest absolute Gasteiger partial charge is 0.201 e. The zero-order chi connectivity index (χ0) is 19.1. The van der Waals surface area contributed by atoms with Crippen LogP contribution in [0.15, 0.2) is 95.0 Å². The molecule has 2 aromatic carbocycles. The maximum absolute atomic E-state index is 13.1. The van der Waals surface area contributed by atoms with Crippen molar-refractivity contribution in [3.63, 3.8) is 0 Å². The maximum atomic E-state index is 13.1. The number of anilines is 3. The summed E-state index contributed by atoms with van der Waals surface area (Å²) in [5.74, 6) is 1.32. The van der Waals surface area contributed by atoms with Crippen LogP contribution < -0.4 is 4.90 Å². The van der Waals surface area contributed by atoms with E-state index in [1.165, 1.54) is 5.56 Å². The van der Waals surface area contributed by atoms with E-state index in [1.54, 1.807) is 12.4 Å². The van der Waals surface area contributed by atoms with Crippen LogP contribution in [-0.2, 0) is 11.2 Å². The van der Waals surface area contributed by atoms with Crippen molar-refractivity contribution in [1.29, 1.82) is 0 Å². The molecule has 0 saturated heterocycles. The van der Waals surface area contributed by atoms with Gasteiger partial charge in [-0.2, -0.15) is 0 Å². The van der Waals surface area contributed by atoms with Crippen LogP contribution in [0.1, 0.15) is 5.56 Å². The zero-order valence-corrected chi connectivity index (χ0v) is 16.1.